The van der Waals surface area contributed by atoms with E-state index >= 15 is 0 Å². The van der Waals surface area contributed by atoms with E-state index in [0.29, 0.717) is 23.8 Å². The molecule has 0 atom stereocenters. The van der Waals surface area contributed by atoms with E-state index in [9.17, 15) is 0 Å². The third kappa shape index (κ3) is 30.0. The Kier molecular flexibility index (Phi) is 29.9. The summed E-state index contributed by atoms with van der Waals surface area (Å²) < 4.78 is 0. The van der Waals surface area contributed by atoms with Gasteiger partial charge in [-0.2, -0.15) is 23.7 Å². The topological polar surface area (TPSA) is 0 Å². The molecule has 0 nitrogen and oxygen atoms in total. The maximum absolute atomic E-state index is 6.67. The average Bonchev–Trinajstić information content (AvgIpc) is 3.07. The summed E-state index contributed by atoms with van der Waals surface area (Å²) in [7, 11) is -0.0756. The van der Waals surface area contributed by atoms with Crippen molar-refractivity contribution in [2.24, 2.45) is 0 Å². The molecule has 0 fully saturated rings. The summed E-state index contributed by atoms with van der Waals surface area (Å²) in [6, 6.07) is 33.3. The Morgan fingerprint density at radius 2 is 0.655 bits per heavy atom. The van der Waals surface area contributed by atoms with Crippen LogP contribution in [0.4, 0.5) is 0 Å². The number of hydrogen-bond donors (Lipinski definition) is 0. The molecule has 0 aliphatic heterocycles. The molecule has 5 heteroatoms. The van der Waals surface area contributed by atoms with Crippen LogP contribution < -0.4 is 0 Å². The molecular weight excluding hydrogens is 824 g/mol. The van der Waals surface area contributed by atoms with Gasteiger partial charge in [-0.3, -0.25) is 0 Å². The van der Waals surface area contributed by atoms with Crippen LogP contribution in [0.3, 0.4) is 0 Å². The SMILES string of the molecule is CP(C)C.CP(C)C.CP(C)C.Cc1ccc(C#C[C-]=C(C(=[C-]C#Cc2ccc(C)cc2)c2ccc(C)cc2)c2ccc(C)cc2)cc1.[C-]#C[Si](C)(C)C.[Rh+3]. The van der Waals surface area contributed by atoms with Crippen LogP contribution in [-0.4, -0.2) is 68.1 Å². The molecule has 0 saturated heterocycles. The van der Waals surface area contributed by atoms with Gasteiger partial charge in [0.2, 0.25) is 0 Å². The molecule has 0 aromatic heterocycles. The molecule has 0 amide bonds. The van der Waals surface area contributed by atoms with Crippen molar-refractivity contribution < 1.29 is 19.5 Å². The summed E-state index contributed by atoms with van der Waals surface area (Å²) in [6.45, 7) is 34.7. The Hall–Kier alpha value is -2.83. The van der Waals surface area contributed by atoms with Crippen molar-refractivity contribution in [3.8, 4) is 29.2 Å². The molecule has 4 rings (SSSR count). The molecule has 0 aliphatic carbocycles. The van der Waals surface area contributed by atoms with Gasteiger partial charge in [-0.25, -0.2) is 11.1 Å². The molecule has 4 aromatic rings. The molecule has 4 aromatic carbocycles. The van der Waals surface area contributed by atoms with Crippen LogP contribution in [0.25, 0.3) is 11.1 Å². The zero-order valence-corrected chi connectivity index (χ0v) is 41.7. The quantitative estimate of drug-likeness (QED) is 0.0632. The summed E-state index contributed by atoms with van der Waals surface area (Å²) in [6.07, 6.45) is 13.4. The van der Waals surface area contributed by atoms with Crippen LogP contribution in [0.1, 0.15) is 44.5 Å². The largest absolute Gasteiger partial charge is 3.00 e. The predicted octanol–water partition coefficient (Wildman–Crippen LogP) is 13.6. The standard InChI is InChI=1S/C36H28.C5H9Si.3C3H9P.Rh/c1-27-11-19-31(20-12-27)7-5-9-35(33-23-15-29(3)16-24-33)36(34-25-17-30(4)18-26-34)10-6-8-32-21-13-28(2)14-22-32;1-5-6(2,3)4;3*1-4(2)3;/h11-26H,1-4H3;2-4H3;3*1-3H3;/q-2;-1;;;;+3. The first-order valence-corrected chi connectivity index (χ1v) is 29.6. The Morgan fingerprint density at radius 3 is 0.855 bits per heavy atom. The van der Waals surface area contributed by atoms with Gasteiger partial charge >= 0.3 is 19.5 Å². The second-order valence-electron chi connectivity index (χ2n) is 15.4. The van der Waals surface area contributed by atoms with E-state index in [2.05, 4.69) is 221 Å². The smallest absolute Gasteiger partial charge is 0.701 e. The van der Waals surface area contributed by atoms with Gasteiger partial charge in [-0.15, -0.1) is 71.3 Å². The zero-order valence-electron chi connectivity index (χ0n) is 36.4. The van der Waals surface area contributed by atoms with Crippen molar-refractivity contribution in [1.29, 1.82) is 0 Å². The van der Waals surface area contributed by atoms with Gasteiger partial charge in [0.25, 0.3) is 0 Å². The van der Waals surface area contributed by atoms with E-state index in [1.165, 1.54) is 22.3 Å². The average molecular weight is 889 g/mol. The summed E-state index contributed by atoms with van der Waals surface area (Å²) in [5.74, 6) is 12.8. The molecule has 0 bridgehead atoms. The number of hydrogen-bond acceptors (Lipinski definition) is 0. The van der Waals surface area contributed by atoms with Crippen molar-refractivity contribution >= 4 is 43.0 Å². The second kappa shape index (κ2) is 30.3. The summed E-state index contributed by atoms with van der Waals surface area (Å²) in [5.41, 5.74) is 13.0. The van der Waals surface area contributed by atoms with Crippen molar-refractivity contribution in [3.63, 3.8) is 0 Å². The first kappa shape index (κ1) is 54.3. The van der Waals surface area contributed by atoms with E-state index in [1.54, 1.807) is 0 Å². The van der Waals surface area contributed by atoms with E-state index in [4.69, 9.17) is 6.42 Å². The molecule has 55 heavy (non-hydrogen) atoms. The van der Waals surface area contributed by atoms with Gasteiger partial charge in [-0.1, -0.05) is 115 Å². The monoisotopic (exact) mass is 888 g/mol. The van der Waals surface area contributed by atoms with Crippen LogP contribution in [0, 0.1) is 75.5 Å². The maximum atomic E-state index is 6.67. The minimum Gasteiger partial charge on any atom is -0.701 e. The molecule has 0 N–H and O–H groups in total. The fourth-order valence-electron chi connectivity index (χ4n) is 3.60. The third-order valence-corrected chi connectivity index (χ3v) is 6.95. The van der Waals surface area contributed by atoms with Gasteiger partial charge in [0, 0.05) is 0 Å². The van der Waals surface area contributed by atoms with Crippen LogP contribution in [-0.2, 0) is 19.5 Å². The number of rotatable bonds is 3. The Bertz CT molecular complexity index is 1720. The van der Waals surface area contributed by atoms with E-state index in [-0.39, 0.29) is 19.5 Å². The molecule has 0 unspecified atom stereocenters. The molecule has 0 aliphatic rings. The Morgan fingerprint density at radius 1 is 0.455 bits per heavy atom. The molecule has 292 valence electrons. The minimum absolute atomic E-state index is 0. The molecule has 0 radical (unpaired) electrons. The summed E-state index contributed by atoms with van der Waals surface area (Å²) in [5, 5.41) is 0. The van der Waals surface area contributed by atoms with Crippen LogP contribution in [0.15, 0.2) is 97.1 Å². The number of benzene rings is 4. The second-order valence-corrected chi connectivity index (χ2v) is 28.2. The normalized spacial score (nSPS) is 10.4. The third-order valence-electron chi connectivity index (χ3n) is 6.20. The maximum Gasteiger partial charge on any atom is 3.00 e. The number of allylic oxidation sites excluding steroid dienone is 4. The first-order valence-electron chi connectivity index (χ1n) is 18.1. The summed E-state index contributed by atoms with van der Waals surface area (Å²) >= 11 is 0. The van der Waals surface area contributed by atoms with Crippen molar-refractivity contribution in [2.75, 3.05) is 60.0 Å². The molecule has 0 saturated carbocycles. The zero-order chi connectivity index (χ0) is 41.3. The van der Waals surface area contributed by atoms with Gasteiger partial charge in [0.15, 0.2) is 0 Å². The van der Waals surface area contributed by atoms with E-state index in [1.807, 2.05) is 24.3 Å². The predicted molar refractivity (Wildman–Crippen MR) is 256 cm³/mol. The first-order chi connectivity index (χ1) is 25.2. The fourth-order valence-corrected chi connectivity index (χ4v) is 3.60. The Balaban J connectivity index is 0. The molecule has 0 heterocycles. The van der Waals surface area contributed by atoms with Crippen LogP contribution >= 0.6 is 23.8 Å². The number of aryl methyl sites for hydroxylation is 4. The van der Waals surface area contributed by atoms with Gasteiger partial charge < -0.3 is 12.0 Å². The van der Waals surface area contributed by atoms with E-state index in [0.717, 1.165) is 33.4 Å². The van der Waals surface area contributed by atoms with Crippen molar-refractivity contribution in [2.45, 2.75) is 47.3 Å². The van der Waals surface area contributed by atoms with Crippen LogP contribution in [0.2, 0.25) is 19.6 Å². The van der Waals surface area contributed by atoms with Crippen molar-refractivity contribution in [1.82, 2.24) is 0 Å². The molecular formula is C50H64P3RhSi. The van der Waals surface area contributed by atoms with Crippen molar-refractivity contribution in [3.05, 3.63) is 160 Å². The van der Waals surface area contributed by atoms with E-state index < -0.39 is 8.07 Å². The van der Waals surface area contributed by atoms with Gasteiger partial charge in [0.1, 0.15) is 0 Å². The van der Waals surface area contributed by atoms with Crippen LogP contribution in [0.5, 0.6) is 0 Å². The van der Waals surface area contributed by atoms with Gasteiger partial charge in [0.05, 0.1) is 8.07 Å². The fraction of sp³-hybridized carbons (Fsp3) is 0.320. The Labute approximate surface area is 356 Å². The minimum atomic E-state index is -1.21. The molecule has 0 spiro atoms. The summed E-state index contributed by atoms with van der Waals surface area (Å²) in [4.78, 5) is 0. The van der Waals surface area contributed by atoms with Gasteiger partial charge in [-0.05, 0) is 98.8 Å².